The standard InChI is InChI=1S/C14H20N2O3/c1-9-5-4-6-10(2)16(9)14(18)12-7-8-13(19-12)15-11(3)17/h7-10H,4-6H2,1-3H3,(H,15,17). The fourth-order valence-electron chi connectivity index (χ4n) is 2.64. The first-order chi connectivity index (χ1) is 8.99. The predicted octanol–water partition coefficient (Wildman–Crippen LogP) is 2.64. The maximum absolute atomic E-state index is 12.4. The number of amides is 2. The number of piperidine rings is 1. The Morgan fingerprint density at radius 2 is 1.89 bits per heavy atom. The molecule has 1 aliphatic rings. The number of nitrogens with zero attached hydrogens (tertiary/aromatic N) is 1. The first kappa shape index (κ1) is 13.6. The molecule has 0 aromatic carbocycles. The van der Waals surface area contributed by atoms with Crippen molar-refractivity contribution in [3.63, 3.8) is 0 Å². The fourth-order valence-corrected chi connectivity index (χ4v) is 2.64. The van der Waals surface area contributed by atoms with Gasteiger partial charge in [0.05, 0.1) is 0 Å². The van der Waals surface area contributed by atoms with Gasteiger partial charge in [-0.1, -0.05) is 0 Å². The summed E-state index contributed by atoms with van der Waals surface area (Å²) in [4.78, 5) is 25.2. The predicted molar refractivity (Wildman–Crippen MR) is 72.0 cm³/mol. The van der Waals surface area contributed by atoms with Gasteiger partial charge in [0.25, 0.3) is 5.91 Å². The van der Waals surface area contributed by atoms with Crippen molar-refractivity contribution in [2.45, 2.75) is 52.1 Å². The van der Waals surface area contributed by atoms with Crippen LogP contribution in [0.15, 0.2) is 16.5 Å². The van der Waals surface area contributed by atoms with Gasteiger partial charge in [0.2, 0.25) is 5.91 Å². The van der Waals surface area contributed by atoms with Crippen LogP contribution in [-0.4, -0.2) is 28.8 Å². The maximum atomic E-state index is 12.4. The molecule has 0 spiro atoms. The van der Waals surface area contributed by atoms with E-state index in [1.165, 1.54) is 6.92 Å². The average Bonchev–Trinajstić information content (AvgIpc) is 2.76. The molecule has 1 fully saturated rings. The first-order valence-corrected chi connectivity index (χ1v) is 6.69. The number of likely N-dealkylation sites (tertiary alicyclic amines) is 1. The summed E-state index contributed by atoms with van der Waals surface area (Å²) in [5.74, 6) is 0.280. The normalized spacial score (nSPS) is 23.2. The van der Waals surface area contributed by atoms with Crippen LogP contribution in [0.2, 0.25) is 0 Å². The molecule has 0 aliphatic carbocycles. The second-order valence-corrected chi connectivity index (χ2v) is 5.19. The third-order valence-electron chi connectivity index (χ3n) is 3.54. The third-order valence-corrected chi connectivity index (χ3v) is 3.54. The van der Waals surface area contributed by atoms with E-state index < -0.39 is 0 Å². The summed E-state index contributed by atoms with van der Waals surface area (Å²) in [6.07, 6.45) is 3.20. The second-order valence-electron chi connectivity index (χ2n) is 5.19. The molecule has 1 saturated heterocycles. The van der Waals surface area contributed by atoms with E-state index in [9.17, 15) is 9.59 Å². The van der Waals surface area contributed by atoms with Gasteiger partial charge in [0.15, 0.2) is 11.6 Å². The van der Waals surface area contributed by atoms with Crippen LogP contribution in [0.3, 0.4) is 0 Å². The first-order valence-electron chi connectivity index (χ1n) is 6.69. The lowest BCUT2D eigenvalue weighted by molar-refractivity contribution is -0.114. The van der Waals surface area contributed by atoms with E-state index in [0.717, 1.165) is 19.3 Å². The molecule has 1 N–H and O–H groups in total. The molecule has 0 saturated carbocycles. The Morgan fingerprint density at radius 3 is 2.47 bits per heavy atom. The Labute approximate surface area is 113 Å². The minimum Gasteiger partial charge on any atom is -0.435 e. The molecule has 5 heteroatoms. The monoisotopic (exact) mass is 264 g/mol. The molecule has 5 nitrogen and oxygen atoms in total. The lowest BCUT2D eigenvalue weighted by atomic mass is 9.97. The lowest BCUT2D eigenvalue weighted by Gasteiger charge is -2.38. The van der Waals surface area contributed by atoms with Crippen LogP contribution >= 0.6 is 0 Å². The molecular formula is C14H20N2O3. The van der Waals surface area contributed by atoms with E-state index in [1.807, 2.05) is 4.90 Å². The van der Waals surface area contributed by atoms with Crippen LogP contribution in [0, 0.1) is 0 Å². The highest BCUT2D eigenvalue weighted by Gasteiger charge is 2.31. The summed E-state index contributed by atoms with van der Waals surface area (Å²) in [7, 11) is 0. The molecule has 2 amide bonds. The molecule has 2 rings (SSSR count). The Hall–Kier alpha value is -1.78. The highest BCUT2D eigenvalue weighted by Crippen LogP contribution is 2.25. The van der Waals surface area contributed by atoms with Crippen molar-refractivity contribution in [2.75, 3.05) is 5.32 Å². The minimum atomic E-state index is -0.215. The van der Waals surface area contributed by atoms with E-state index in [2.05, 4.69) is 19.2 Å². The summed E-state index contributed by atoms with van der Waals surface area (Å²) < 4.78 is 5.38. The summed E-state index contributed by atoms with van der Waals surface area (Å²) in [6.45, 7) is 5.52. The molecule has 1 aliphatic heterocycles. The van der Waals surface area contributed by atoms with Gasteiger partial charge in [-0.05, 0) is 39.2 Å². The Morgan fingerprint density at radius 1 is 1.26 bits per heavy atom. The van der Waals surface area contributed by atoms with Crippen molar-refractivity contribution in [2.24, 2.45) is 0 Å². The smallest absolute Gasteiger partial charge is 0.290 e. The van der Waals surface area contributed by atoms with Gasteiger partial charge in [-0.25, -0.2) is 0 Å². The summed E-state index contributed by atoms with van der Waals surface area (Å²) in [5.41, 5.74) is 0. The molecule has 19 heavy (non-hydrogen) atoms. The summed E-state index contributed by atoms with van der Waals surface area (Å²) in [6, 6.07) is 3.67. The number of rotatable bonds is 2. The van der Waals surface area contributed by atoms with Crippen molar-refractivity contribution >= 4 is 17.7 Å². The zero-order chi connectivity index (χ0) is 14.0. The summed E-state index contributed by atoms with van der Waals surface area (Å²) in [5, 5.41) is 2.53. The SMILES string of the molecule is CC(=O)Nc1ccc(C(=O)N2C(C)CCCC2C)o1. The number of anilines is 1. The van der Waals surface area contributed by atoms with Crippen LogP contribution < -0.4 is 5.32 Å². The van der Waals surface area contributed by atoms with Gasteiger partial charge in [-0.3, -0.25) is 14.9 Å². The highest BCUT2D eigenvalue weighted by molar-refractivity contribution is 5.93. The maximum Gasteiger partial charge on any atom is 0.290 e. The molecule has 2 atom stereocenters. The third kappa shape index (κ3) is 2.97. The van der Waals surface area contributed by atoms with Crippen molar-refractivity contribution in [3.8, 4) is 0 Å². The van der Waals surface area contributed by atoms with Gasteiger partial charge in [-0.15, -0.1) is 0 Å². The van der Waals surface area contributed by atoms with Gasteiger partial charge >= 0.3 is 0 Å². The molecule has 0 radical (unpaired) electrons. The van der Waals surface area contributed by atoms with Crippen molar-refractivity contribution in [1.82, 2.24) is 4.90 Å². The average molecular weight is 264 g/mol. The molecule has 0 bridgehead atoms. The number of nitrogens with one attached hydrogen (secondary N) is 1. The van der Waals surface area contributed by atoms with Crippen LogP contribution in [-0.2, 0) is 4.79 Å². The second kappa shape index (κ2) is 5.47. The molecule has 2 heterocycles. The van der Waals surface area contributed by atoms with Gasteiger partial charge in [0.1, 0.15) is 0 Å². The lowest BCUT2D eigenvalue weighted by Crippen LogP contribution is -2.47. The van der Waals surface area contributed by atoms with E-state index in [1.54, 1.807) is 12.1 Å². The van der Waals surface area contributed by atoms with E-state index in [-0.39, 0.29) is 29.7 Å². The van der Waals surface area contributed by atoms with Crippen LogP contribution in [0.25, 0.3) is 0 Å². The van der Waals surface area contributed by atoms with Crippen molar-refractivity contribution in [1.29, 1.82) is 0 Å². The van der Waals surface area contributed by atoms with Crippen LogP contribution in [0.1, 0.15) is 50.6 Å². The zero-order valence-electron chi connectivity index (χ0n) is 11.6. The van der Waals surface area contributed by atoms with E-state index >= 15 is 0 Å². The van der Waals surface area contributed by atoms with E-state index in [0.29, 0.717) is 5.88 Å². The van der Waals surface area contributed by atoms with Crippen molar-refractivity contribution < 1.29 is 14.0 Å². The van der Waals surface area contributed by atoms with Crippen LogP contribution in [0.5, 0.6) is 0 Å². The number of carbonyl (C=O) groups excluding carboxylic acids is 2. The zero-order valence-corrected chi connectivity index (χ0v) is 11.6. The number of hydrogen-bond acceptors (Lipinski definition) is 3. The molecular weight excluding hydrogens is 244 g/mol. The van der Waals surface area contributed by atoms with Crippen LogP contribution in [0.4, 0.5) is 5.88 Å². The molecule has 1 aromatic rings. The van der Waals surface area contributed by atoms with Gasteiger partial charge in [0, 0.05) is 25.1 Å². The number of hydrogen-bond donors (Lipinski definition) is 1. The largest absolute Gasteiger partial charge is 0.435 e. The highest BCUT2D eigenvalue weighted by atomic mass is 16.4. The topological polar surface area (TPSA) is 62.6 Å². The Kier molecular flexibility index (Phi) is 3.93. The quantitative estimate of drug-likeness (QED) is 0.893. The molecule has 104 valence electrons. The summed E-state index contributed by atoms with van der Waals surface area (Å²) >= 11 is 0. The molecule has 2 unspecified atom stereocenters. The van der Waals surface area contributed by atoms with E-state index in [4.69, 9.17) is 4.42 Å². The minimum absolute atomic E-state index is 0.101. The Bertz CT molecular complexity index is 471. The van der Waals surface area contributed by atoms with Gasteiger partial charge in [-0.2, -0.15) is 0 Å². The van der Waals surface area contributed by atoms with Crippen molar-refractivity contribution in [3.05, 3.63) is 17.9 Å². The molecule has 1 aromatic heterocycles. The fraction of sp³-hybridized carbons (Fsp3) is 0.571. The number of furan rings is 1. The Balaban J connectivity index is 2.14. The number of carbonyl (C=O) groups is 2. The van der Waals surface area contributed by atoms with Gasteiger partial charge < -0.3 is 9.32 Å².